The molecule has 0 aliphatic heterocycles. The van der Waals surface area contributed by atoms with Crippen LogP contribution in [0.15, 0.2) is 67.3 Å². The molecule has 39 heavy (non-hydrogen) atoms. The van der Waals surface area contributed by atoms with Gasteiger partial charge in [0, 0.05) is 48.5 Å². The van der Waals surface area contributed by atoms with Crippen LogP contribution < -0.4 is 10.6 Å². The number of rotatable bonds is 6. The lowest BCUT2D eigenvalue weighted by Gasteiger charge is -2.12. The normalized spacial score (nSPS) is 10.4. The van der Waals surface area contributed by atoms with E-state index in [4.69, 9.17) is 0 Å². The maximum atomic E-state index is 13.9. The summed E-state index contributed by atoms with van der Waals surface area (Å²) in [5, 5.41) is 5.60. The molecule has 9 heteroatoms. The Labute approximate surface area is 227 Å². The van der Waals surface area contributed by atoms with Gasteiger partial charge in [0.2, 0.25) is 0 Å². The number of pyridine rings is 3. The molecular formula is C30H33F2N5O2. The number of carbonyl (C=O) groups is 2. The zero-order valence-electron chi connectivity index (χ0n) is 22.9. The fourth-order valence-corrected chi connectivity index (χ4v) is 3.46. The summed E-state index contributed by atoms with van der Waals surface area (Å²) in [6.45, 7) is 4.68. The average molecular weight is 534 g/mol. The summed E-state index contributed by atoms with van der Waals surface area (Å²) >= 11 is 0. The summed E-state index contributed by atoms with van der Waals surface area (Å²) < 4.78 is 27.1. The van der Waals surface area contributed by atoms with Gasteiger partial charge in [-0.15, -0.1) is 0 Å². The largest absolute Gasteiger partial charge is 0.386 e. The van der Waals surface area contributed by atoms with Crippen molar-refractivity contribution < 1.29 is 18.4 Å². The molecule has 0 amide bonds. The molecule has 0 aliphatic rings. The van der Waals surface area contributed by atoms with E-state index in [1.165, 1.54) is 32.2 Å². The molecule has 1 aromatic carbocycles. The van der Waals surface area contributed by atoms with Crippen molar-refractivity contribution >= 4 is 18.3 Å². The van der Waals surface area contributed by atoms with Crippen LogP contribution in [0.1, 0.15) is 46.0 Å². The molecule has 0 bridgehead atoms. The first-order chi connectivity index (χ1) is 18.6. The highest BCUT2D eigenvalue weighted by Crippen LogP contribution is 2.31. The number of benzene rings is 1. The third-order valence-electron chi connectivity index (χ3n) is 5.40. The van der Waals surface area contributed by atoms with Crippen molar-refractivity contribution in [2.75, 3.05) is 26.5 Å². The Morgan fingerprint density at radius 2 is 1.51 bits per heavy atom. The standard InChI is InChI=1S/C19H16FN3O.C9H10FNO.C2H7N/c1-12-5-18(20)19(21-2)8-17(12)15-6-14(9-22-10-15)13-3-4-23-16(7-13)11-24;1-9(2,10)8-5-7(6-12)3-4-11-8;1-3-2/h3-11,21H,1-2H3;3-6H,1-2H3;3H,1-2H3. The second kappa shape index (κ2) is 14.5. The summed E-state index contributed by atoms with van der Waals surface area (Å²) in [5.41, 5.74) is 4.39. The SMILES string of the molecule is CC(C)(F)c1cc(C=O)ccn1.CNC.CNc1cc(-c2cncc(-c3ccnc(C=O)c3)c2)c(C)cc1F. The molecule has 4 rings (SSSR count). The Bertz CT molecular complexity index is 1400. The second-order valence-electron chi connectivity index (χ2n) is 9.01. The summed E-state index contributed by atoms with van der Waals surface area (Å²) in [5.74, 6) is -0.285. The van der Waals surface area contributed by atoms with Crippen molar-refractivity contribution in [3.63, 3.8) is 0 Å². The molecule has 0 spiro atoms. The van der Waals surface area contributed by atoms with Gasteiger partial charge in [-0.25, -0.2) is 8.78 Å². The van der Waals surface area contributed by atoms with Crippen molar-refractivity contribution in [2.24, 2.45) is 0 Å². The van der Waals surface area contributed by atoms with Gasteiger partial charge in [0.15, 0.2) is 6.29 Å². The first-order valence-electron chi connectivity index (χ1n) is 12.1. The molecule has 0 atom stereocenters. The molecule has 0 radical (unpaired) electrons. The van der Waals surface area contributed by atoms with E-state index in [2.05, 4.69) is 25.6 Å². The van der Waals surface area contributed by atoms with Crippen molar-refractivity contribution in [2.45, 2.75) is 26.4 Å². The Kier molecular flexibility index (Phi) is 11.5. The number of aldehydes is 2. The molecule has 0 aliphatic carbocycles. The number of hydrogen-bond donors (Lipinski definition) is 2. The number of hydrogen-bond acceptors (Lipinski definition) is 7. The van der Waals surface area contributed by atoms with Gasteiger partial charge in [0.05, 0.1) is 11.4 Å². The van der Waals surface area contributed by atoms with Crippen molar-refractivity contribution in [1.82, 2.24) is 20.3 Å². The third kappa shape index (κ3) is 8.86. The van der Waals surface area contributed by atoms with Crippen LogP contribution in [0.25, 0.3) is 22.3 Å². The fourth-order valence-electron chi connectivity index (χ4n) is 3.46. The van der Waals surface area contributed by atoms with Gasteiger partial charge in [0.25, 0.3) is 0 Å². The monoisotopic (exact) mass is 533 g/mol. The number of carbonyl (C=O) groups excluding carboxylic acids is 2. The lowest BCUT2D eigenvalue weighted by atomic mass is 9.98. The third-order valence-corrected chi connectivity index (χ3v) is 5.40. The minimum atomic E-state index is -1.49. The fraction of sp³-hybridized carbons (Fsp3) is 0.233. The highest BCUT2D eigenvalue weighted by atomic mass is 19.1. The molecule has 7 nitrogen and oxygen atoms in total. The number of aryl methyl sites for hydroxylation is 1. The van der Waals surface area contributed by atoms with Crippen LogP contribution in [-0.4, -0.2) is 48.7 Å². The molecule has 4 aromatic rings. The quantitative estimate of drug-likeness (QED) is 0.291. The van der Waals surface area contributed by atoms with Gasteiger partial charge in [-0.05, 0) is 94.0 Å². The molecule has 2 N–H and O–H groups in total. The van der Waals surface area contributed by atoms with Gasteiger partial charge in [-0.2, -0.15) is 0 Å². The molecule has 3 aromatic heterocycles. The number of anilines is 1. The molecule has 204 valence electrons. The molecule has 3 heterocycles. The van der Waals surface area contributed by atoms with Crippen LogP contribution in [-0.2, 0) is 5.67 Å². The lowest BCUT2D eigenvalue weighted by Crippen LogP contribution is -2.11. The number of aromatic nitrogens is 3. The summed E-state index contributed by atoms with van der Waals surface area (Å²) in [4.78, 5) is 33.3. The summed E-state index contributed by atoms with van der Waals surface area (Å²) in [6, 6.07) is 11.8. The van der Waals surface area contributed by atoms with Crippen molar-refractivity contribution in [1.29, 1.82) is 0 Å². The van der Waals surface area contributed by atoms with Crippen LogP contribution >= 0.6 is 0 Å². The summed E-state index contributed by atoms with van der Waals surface area (Å²) in [7, 11) is 5.43. The van der Waals surface area contributed by atoms with Crippen molar-refractivity contribution in [3.8, 4) is 22.3 Å². The van der Waals surface area contributed by atoms with E-state index in [1.54, 1.807) is 43.8 Å². The first-order valence-corrected chi connectivity index (χ1v) is 12.1. The van der Waals surface area contributed by atoms with E-state index in [0.717, 1.165) is 27.8 Å². The van der Waals surface area contributed by atoms with Gasteiger partial charge in [-0.3, -0.25) is 24.5 Å². The highest BCUT2D eigenvalue weighted by Gasteiger charge is 2.20. The Balaban J connectivity index is 0.000000298. The van der Waals surface area contributed by atoms with Crippen LogP contribution in [0, 0.1) is 12.7 Å². The number of nitrogens with one attached hydrogen (secondary N) is 2. The molecule has 0 unspecified atom stereocenters. The van der Waals surface area contributed by atoms with Crippen LogP contribution in [0.3, 0.4) is 0 Å². The van der Waals surface area contributed by atoms with E-state index in [0.29, 0.717) is 29.5 Å². The highest BCUT2D eigenvalue weighted by molar-refractivity contribution is 5.79. The Morgan fingerprint density at radius 3 is 2.13 bits per heavy atom. The summed E-state index contributed by atoms with van der Waals surface area (Å²) in [6.07, 6.45) is 7.88. The molecular weight excluding hydrogens is 500 g/mol. The van der Waals surface area contributed by atoms with E-state index in [1.807, 2.05) is 33.2 Å². The Morgan fingerprint density at radius 1 is 0.846 bits per heavy atom. The van der Waals surface area contributed by atoms with Crippen LogP contribution in [0.4, 0.5) is 14.5 Å². The van der Waals surface area contributed by atoms with Gasteiger partial charge < -0.3 is 10.6 Å². The second-order valence-corrected chi connectivity index (χ2v) is 9.01. The zero-order valence-corrected chi connectivity index (χ0v) is 22.9. The minimum Gasteiger partial charge on any atom is -0.386 e. The number of halogens is 2. The predicted molar refractivity (Wildman–Crippen MR) is 151 cm³/mol. The van der Waals surface area contributed by atoms with E-state index < -0.39 is 5.67 Å². The number of alkyl halides is 1. The smallest absolute Gasteiger partial charge is 0.168 e. The first kappa shape index (κ1) is 30.9. The maximum absolute atomic E-state index is 13.9. The lowest BCUT2D eigenvalue weighted by molar-refractivity contribution is 0.111. The average Bonchev–Trinajstić information content (AvgIpc) is 2.93. The van der Waals surface area contributed by atoms with E-state index in [9.17, 15) is 18.4 Å². The van der Waals surface area contributed by atoms with E-state index in [-0.39, 0.29) is 11.5 Å². The molecule has 0 fully saturated rings. The van der Waals surface area contributed by atoms with Gasteiger partial charge in [0.1, 0.15) is 23.5 Å². The Hall–Kier alpha value is -4.37. The van der Waals surface area contributed by atoms with Crippen molar-refractivity contribution in [3.05, 3.63) is 95.6 Å². The topological polar surface area (TPSA) is 96.9 Å². The maximum Gasteiger partial charge on any atom is 0.168 e. The molecule has 0 saturated heterocycles. The predicted octanol–water partition coefficient (Wildman–Crippen LogP) is 6.05. The minimum absolute atomic E-state index is 0.284. The number of nitrogens with zero attached hydrogens (tertiary/aromatic N) is 3. The molecule has 0 saturated carbocycles. The van der Waals surface area contributed by atoms with Gasteiger partial charge >= 0.3 is 0 Å². The zero-order chi connectivity index (χ0) is 29.0. The van der Waals surface area contributed by atoms with E-state index >= 15 is 0 Å². The van der Waals surface area contributed by atoms with Crippen LogP contribution in [0.2, 0.25) is 0 Å². The van der Waals surface area contributed by atoms with Crippen LogP contribution in [0.5, 0.6) is 0 Å². The van der Waals surface area contributed by atoms with Gasteiger partial charge in [-0.1, -0.05) is 0 Å².